The van der Waals surface area contributed by atoms with Crippen molar-refractivity contribution < 1.29 is 14.4 Å². The highest BCUT2D eigenvalue weighted by atomic mass is 16.6. The van der Waals surface area contributed by atoms with Crippen LogP contribution in [0, 0.1) is 10.1 Å². The summed E-state index contributed by atoms with van der Waals surface area (Å²) in [6, 6.07) is 12.9. The molecule has 4 rings (SSSR count). The predicted molar refractivity (Wildman–Crippen MR) is 98.2 cm³/mol. The number of para-hydroxylation sites is 1. The average Bonchev–Trinajstić information content (AvgIpc) is 2.66. The Kier molecular flexibility index (Phi) is 3.88. The number of rotatable bonds is 3. The van der Waals surface area contributed by atoms with Crippen molar-refractivity contribution >= 4 is 11.4 Å². The first kappa shape index (κ1) is 16.8. The van der Waals surface area contributed by atoms with Crippen LogP contribution in [0.5, 0.6) is 5.75 Å². The SMILES string of the molecule is CCC1(CC)O[C@H]2c3cc([N+](=O)[O-])ccc3O[C@@H](C)N2c2ccccc21. The van der Waals surface area contributed by atoms with E-state index in [0.29, 0.717) is 11.3 Å². The quantitative estimate of drug-likeness (QED) is 0.580. The lowest BCUT2D eigenvalue weighted by molar-refractivity contribution is -0.385. The number of fused-ring (bicyclic) bond motifs is 5. The minimum atomic E-state index is -0.420. The van der Waals surface area contributed by atoms with Crippen LogP contribution in [-0.4, -0.2) is 11.2 Å². The molecule has 136 valence electrons. The van der Waals surface area contributed by atoms with Gasteiger partial charge in [0.05, 0.1) is 16.1 Å². The lowest BCUT2D eigenvalue weighted by Gasteiger charge is -2.52. The fourth-order valence-corrected chi connectivity index (χ4v) is 4.13. The number of ether oxygens (including phenoxy) is 2. The van der Waals surface area contributed by atoms with E-state index in [2.05, 4.69) is 30.9 Å². The summed E-state index contributed by atoms with van der Waals surface area (Å²) in [7, 11) is 0. The van der Waals surface area contributed by atoms with Gasteiger partial charge in [-0.3, -0.25) is 10.1 Å². The van der Waals surface area contributed by atoms with Crippen molar-refractivity contribution in [3.8, 4) is 5.75 Å². The second kappa shape index (κ2) is 5.99. The number of nitro benzene ring substituents is 1. The summed E-state index contributed by atoms with van der Waals surface area (Å²) in [5.74, 6) is 0.643. The van der Waals surface area contributed by atoms with Crippen LogP contribution in [0.25, 0.3) is 0 Å². The molecule has 2 aromatic rings. The molecule has 0 radical (unpaired) electrons. The monoisotopic (exact) mass is 354 g/mol. The summed E-state index contributed by atoms with van der Waals surface area (Å²) in [6.45, 7) is 6.21. The number of hydrogen-bond acceptors (Lipinski definition) is 5. The molecule has 0 spiro atoms. The van der Waals surface area contributed by atoms with Crippen LogP contribution in [0.15, 0.2) is 42.5 Å². The van der Waals surface area contributed by atoms with Crippen LogP contribution >= 0.6 is 0 Å². The minimum Gasteiger partial charge on any atom is -0.470 e. The molecule has 0 bridgehead atoms. The maximum atomic E-state index is 11.3. The lowest BCUT2D eigenvalue weighted by atomic mass is 9.84. The van der Waals surface area contributed by atoms with Gasteiger partial charge in [-0.15, -0.1) is 0 Å². The van der Waals surface area contributed by atoms with E-state index in [4.69, 9.17) is 9.47 Å². The summed E-state index contributed by atoms with van der Waals surface area (Å²) < 4.78 is 12.7. The molecule has 2 aliphatic rings. The predicted octanol–water partition coefficient (Wildman–Crippen LogP) is 4.88. The first-order valence-corrected chi connectivity index (χ1v) is 9.01. The zero-order chi connectivity index (χ0) is 18.5. The fourth-order valence-electron chi connectivity index (χ4n) is 4.13. The molecule has 0 N–H and O–H groups in total. The van der Waals surface area contributed by atoms with Crippen molar-refractivity contribution in [2.75, 3.05) is 4.90 Å². The van der Waals surface area contributed by atoms with Gasteiger partial charge < -0.3 is 14.4 Å². The second-order valence-electron chi connectivity index (χ2n) is 6.79. The summed E-state index contributed by atoms with van der Waals surface area (Å²) in [5, 5.41) is 11.3. The van der Waals surface area contributed by atoms with Gasteiger partial charge in [0.1, 0.15) is 5.75 Å². The smallest absolute Gasteiger partial charge is 0.270 e. The van der Waals surface area contributed by atoms with Gasteiger partial charge in [0.2, 0.25) is 0 Å². The molecule has 6 nitrogen and oxygen atoms in total. The van der Waals surface area contributed by atoms with E-state index in [1.807, 2.05) is 19.1 Å². The molecule has 0 saturated heterocycles. The highest BCUT2D eigenvalue weighted by molar-refractivity contribution is 5.62. The third-order valence-electron chi connectivity index (χ3n) is 5.56. The second-order valence-corrected chi connectivity index (χ2v) is 6.79. The largest absolute Gasteiger partial charge is 0.470 e. The molecule has 0 unspecified atom stereocenters. The van der Waals surface area contributed by atoms with Gasteiger partial charge in [-0.25, -0.2) is 0 Å². The molecule has 0 amide bonds. The number of benzene rings is 2. The van der Waals surface area contributed by atoms with Crippen molar-refractivity contribution in [2.45, 2.75) is 51.7 Å². The molecule has 6 heteroatoms. The molecule has 26 heavy (non-hydrogen) atoms. The normalized spacial score (nSPS) is 22.7. The van der Waals surface area contributed by atoms with Gasteiger partial charge in [-0.2, -0.15) is 0 Å². The Labute approximate surface area is 152 Å². The lowest BCUT2D eigenvalue weighted by Crippen LogP contribution is -2.52. The number of nitrogens with zero attached hydrogens (tertiary/aromatic N) is 2. The Hall–Kier alpha value is -2.60. The molecule has 2 atom stereocenters. The first-order valence-electron chi connectivity index (χ1n) is 9.01. The summed E-state index contributed by atoms with van der Waals surface area (Å²) >= 11 is 0. The fraction of sp³-hybridized carbons (Fsp3) is 0.400. The molecule has 0 fully saturated rings. The van der Waals surface area contributed by atoms with Crippen molar-refractivity contribution in [2.24, 2.45) is 0 Å². The molecule has 2 heterocycles. The van der Waals surface area contributed by atoms with Crippen LogP contribution in [0.4, 0.5) is 11.4 Å². The molecule has 0 aliphatic carbocycles. The summed E-state index contributed by atoms with van der Waals surface area (Å²) in [4.78, 5) is 13.0. The Bertz CT molecular complexity index is 863. The van der Waals surface area contributed by atoms with E-state index in [1.54, 1.807) is 12.1 Å². The van der Waals surface area contributed by atoms with Gasteiger partial charge in [0, 0.05) is 23.4 Å². The van der Waals surface area contributed by atoms with Crippen molar-refractivity contribution in [1.82, 2.24) is 0 Å². The van der Waals surface area contributed by atoms with Crippen LogP contribution in [0.1, 0.15) is 51.0 Å². The van der Waals surface area contributed by atoms with Gasteiger partial charge in [0.15, 0.2) is 12.5 Å². The highest BCUT2D eigenvalue weighted by Gasteiger charge is 2.47. The molecule has 0 aromatic heterocycles. The van der Waals surface area contributed by atoms with Crippen molar-refractivity contribution in [3.05, 3.63) is 63.7 Å². The van der Waals surface area contributed by atoms with Gasteiger partial charge in [0.25, 0.3) is 5.69 Å². The topological polar surface area (TPSA) is 64.8 Å². The zero-order valence-corrected chi connectivity index (χ0v) is 15.1. The minimum absolute atomic E-state index is 0.0444. The summed E-state index contributed by atoms with van der Waals surface area (Å²) in [6.07, 6.45) is 1.000. The van der Waals surface area contributed by atoms with Crippen LogP contribution in [-0.2, 0) is 10.3 Å². The Balaban J connectivity index is 1.93. The van der Waals surface area contributed by atoms with E-state index in [0.717, 1.165) is 24.1 Å². The van der Waals surface area contributed by atoms with E-state index in [9.17, 15) is 10.1 Å². The molecular weight excluding hydrogens is 332 g/mol. The number of anilines is 1. The maximum absolute atomic E-state index is 11.3. The van der Waals surface area contributed by atoms with Crippen LogP contribution in [0.3, 0.4) is 0 Å². The Morgan fingerprint density at radius 1 is 1.19 bits per heavy atom. The van der Waals surface area contributed by atoms with Crippen LogP contribution in [0.2, 0.25) is 0 Å². The molecule has 2 aliphatic heterocycles. The number of hydrogen-bond donors (Lipinski definition) is 0. The standard InChI is InChI=1S/C20H22N2O4/c1-4-20(5-2)16-8-6-7-9-17(16)21-13(3)25-18-11-10-14(22(23)24)12-15(18)19(21)26-20/h6-13,19H,4-5H2,1-3H3/t13-,19-/m0/s1. The summed E-state index contributed by atoms with van der Waals surface area (Å²) in [5.41, 5.74) is 2.54. The Morgan fingerprint density at radius 3 is 2.62 bits per heavy atom. The van der Waals surface area contributed by atoms with Crippen molar-refractivity contribution in [3.63, 3.8) is 0 Å². The average molecular weight is 354 g/mol. The van der Waals surface area contributed by atoms with Gasteiger partial charge >= 0.3 is 0 Å². The van der Waals surface area contributed by atoms with Crippen molar-refractivity contribution in [1.29, 1.82) is 0 Å². The third kappa shape index (κ3) is 2.29. The van der Waals surface area contributed by atoms with E-state index >= 15 is 0 Å². The third-order valence-corrected chi connectivity index (χ3v) is 5.56. The first-order chi connectivity index (χ1) is 12.5. The molecule has 2 aromatic carbocycles. The maximum Gasteiger partial charge on any atom is 0.270 e. The van der Waals surface area contributed by atoms with Gasteiger partial charge in [-0.1, -0.05) is 32.0 Å². The number of nitro groups is 1. The molecule has 0 saturated carbocycles. The van der Waals surface area contributed by atoms with E-state index < -0.39 is 11.8 Å². The van der Waals surface area contributed by atoms with Gasteiger partial charge in [-0.05, 0) is 31.9 Å². The van der Waals surface area contributed by atoms with E-state index in [-0.39, 0.29) is 16.8 Å². The van der Waals surface area contributed by atoms with E-state index in [1.165, 1.54) is 6.07 Å². The number of non-ortho nitro benzene ring substituents is 1. The Morgan fingerprint density at radius 2 is 1.92 bits per heavy atom. The van der Waals surface area contributed by atoms with Crippen LogP contribution < -0.4 is 9.64 Å². The highest BCUT2D eigenvalue weighted by Crippen LogP contribution is 2.53. The zero-order valence-electron chi connectivity index (χ0n) is 15.1. The molecular formula is C20H22N2O4.